The standard InChI is InChI=1S/C22H18FN3O3/c23-18-8-6-16(7-9-18)14-24-26-22(28)21(27)25-19-10-12-20(13-11-19)29-15-17-4-2-1-3-5-17/h1-14H,15H2,(H,25,27)(H,26,28)/b24-14-. The van der Waals surface area contributed by atoms with E-state index in [1.165, 1.54) is 30.5 Å². The molecular formula is C22H18FN3O3. The molecule has 0 unspecified atom stereocenters. The molecule has 0 saturated carbocycles. The second-order valence-corrected chi connectivity index (χ2v) is 6.00. The topological polar surface area (TPSA) is 79.8 Å². The summed E-state index contributed by atoms with van der Waals surface area (Å²) in [7, 11) is 0. The Bertz CT molecular complexity index is 988. The fourth-order valence-corrected chi connectivity index (χ4v) is 2.33. The second kappa shape index (κ2) is 9.80. The Morgan fingerprint density at radius 3 is 2.28 bits per heavy atom. The molecule has 0 radical (unpaired) electrons. The monoisotopic (exact) mass is 391 g/mol. The molecular weight excluding hydrogens is 373 g/mol. The SMILES string of the molecule is O=C(N/N=C\c1ccc(F)cc1)C(=O)Nc1ccc(OCc2ccccc2)cc1. The van der Waals surface area contributed by atoms with Crippen molar-refractivity contribution >= 4 is 23.7 Å². The van der Waals surface area contributed by atoms with Gasteiger partial charge in [0.05, 0.1) is 6.21 Å². The number of carbonyl (C=O) groups is 2. The van der Waals surface area contributed by atoms with E-state index in [2.05, 4.69) is 15.8 Å². The van der Waals surface area contributed by atoms with Crippen LogP contribution in [0.4, 0.5) is 10.1 Å². The molecule has 3 aromatic rings. The lowest BCUT2D eigenvalue weighted by molar-refractivity contribution is -0.136. The highest BCUT2D eigenvalue weighted by atomic mass is 19.1. The van der Waals surface area contributed by atoms with Crippen molar-refractivity contribution in [3.8, 4) is 5.75 Å². The minimum atomic E-state index is -0.923. The van der Waals surface area contributed by atoms with Gasteiger partial charge in [0.1, 0.15) is 18.2 Å². The lowest BCUT2D eigenvalue weighted by Gasteiger charge is -2.08. The molecule has 6 nitrogen and oxygen atoms in total. The number of halogens is 1. The molecule has 2 N–H and O–H groups in total. The van der Waals surface area contributed by atoms with Crippen LogP contribution in [0.3, 0.4) is 0 Å². The Morgan fingerprint density at radius 1 is 0.897 bits per heavy atom. The average Bonchev–Trinajstić information content (AvgIpc) is 2.75. The van der Waals surface area contributed by atoms with Gasteiger partial charge < -0.3 is 10.1 Å². The Labute approximate surface area is 167 Å². The third kappa shape index (κ3) is 6.28. The Kier molecular flexibility index (Phi) is 6.67. The molecule has 0 atom stereocenters. The molecule has 29 heavy (non-hydrogen) atoms. The number of anilines is 1. The van der Waals surface area contributed by atoms with Crippen LogP contribution in [0.25, 0.3) is 0 Å². The number of nitrogens with zero attached hydrogens (tertiary/aromatic N) is 1. The van der Waals surface area contributed by atoms with Gasteiger partial charge in [0.2, 0.25) is 0 Å². The van der Waals surface area contributed by atoms with Crippen molar-refractivity contribution in [2.45, 2.75) is 6.61 Å². The number of rotatable bonds is 6. The zero-order valence-electron chi connectivity index (χ0n) is 15.3. The zero-order chi connectivity index (χ0) is 20.5. The Morgan fingerprint density at radius 2 is 1.59 bits per heavy atom. The van der Waals surface area contributed by atoms with Crippen LogP contribution in [0.5, 0.6) is 5.75 Å². The van der Waals surface area contributed by atoms with Crippen molar-refractivity contribution in [2.75, 3.05) is 5.32 Å². The van der Waals surface area contributed by atoms with Gasteiger partial charge in [-0.25, -0.2) is 9.82 Å². The number of hydrogen-bond donors (Lipinski definition) is 2. The first-order valence-corrected chi connectivity index (χ1v) is 8.77. The minimum absolute atomic E-state index is 0.373. The lowest BCUT2D eigenvalue weighted by Crippen LogP contribution is -2.32. The van der Waals surface area contributed by atoms with Crippen LogP contribution in [-0.4, -0.2) is 18.0 Å². The summed E-state index contributed by atoms with van der Waals surface area (Å²) in [4.78, 5) is 23.7. The highest BCUT2D eigenvalue weighted by molar-refractivity contribution is 6.39. The molecule has 0 heterocycles. The van der Waals surface area contributed by atoms with Crippen molar-refractivity contribution in [1.29, 1.82) is 0 Å². The van der Waals surface area contributed by atoms with Crippen LogP contribution in [0.2, 0.25) is 0 Å². The van der Waals surface area contributed by atoms with E-state index in [1.807, 2.05) is 30.3 Å². The first-order valence-electron chi connectivity index (χ1n) is 8.77. The number of hydrazone groups is 1. The summed E-state index contributed by atoms with van der Waals surface area (Å²) in [5.41, 5.74) is 4.19. The number of carbonyl (C=O) groups excluding carboxylic acids is 2. The third-order valence-corrected chi connectivity index (χ3v) is 3.82. The van der Waals surface area contributed by atoms with Crippen molar-refractivity contribution in [3.63, 3.8) is 0 Å². The molecule has 3 aromatic carbocycles. The molecule has 0 spiro atoms. The van der Waals surface area contributed by atoms with Gasteiger partial charge in [-0.2, -0.15) is 5.10 Å². The normalized spacial score (nSPS) is 10.5. The molecule has 0 fully saturated rings. The molecule has 0 aliphatic carbocycles. The van der Waals surface area contributed by atoms with Gasteiger partial charge in [-0.3, -0.25) is 9.59 Å². The molecule has 146 valence electrons. The number of hydrogen-bond acceptors (Lipinski definition) is 4. The zero-order valence-corrected chi connectivity index (χ0v) is 15.3. The van der Waals surface area contributed by atoms with E-state index in [1.54, 1.807) is 24.3 Å². The van der Waals surface area contributed by atoms with Crippen LogP contribution in [0, 0.1) is 5.82 Å². The minimum Gasteiger partial charge on any atom is -0.489 e. The smallest absolute Gasteiger partial charge is 0.329 e. The highest BCUT2D eigenvalue weighted by Gasteiger charge is 2.12. The molecule has 0 aliphatic heterocycles. The van der Waals surface area contributed by atoms with Crippen molar-refractivity contribution in [2.24, 2.45) is 5.10 Å². The predicted molar refractivity (Wildman–Crippen MR) is 108 cm³/mol. The van der Waals surface area contributed by atoms with E-state index >= 15 is 0 Å². The van der Waals surface area contributed by atoms with Gasteiger partial charge in [-0.05, 0) is 47.5 Å². The summed E-state index contributed by atoms with van der Waals surface area (Å²) in [6, 6.07) is 21.9. The predicted octanol–water partition coefficient (Wildman–Crippen LogP) is 3.49. The summed E-state index contributed by atoms with van der Waals surface area (Å²) in [5, 5.41) is 6.14. The van der Waals surface area contributed by atoms with Gasteiger partial charge in [-0.15, -0.1) is 0 Å². The van der Waals surface area contributed by atoms with Gasteiger partial charge >= 0.3 is 11.8 Å². The average molecular weight is 391 g/mol. The second-order valence-electron chi connectivity index (χ2n) is 6.00. The molecule has 3 rings (SSSR count). The molecule has 0 saturated heterocycles. The number of ether oxygens (including phenoxy) is 1. The largest absolute Gasteiger partial charge is 0.489 e. The van der Waals surface area contributed by atoms with Gasteiger partial charge in [-0.1, -0.05) is 42.5 Å². The summed E-state index contributed by atoms with van der Waals surface area (Å²) < 4.78 is 18.5. The number of benzene rings is 3. The van der Waals surface area contributed by atoms with Crippen LogP contribution < -0.4 is 15.5 Å². The van der Waals surface area contributed by atoms with E-state index < -0.39 is 11.8 Å². The summed E-state index contributed by atoms with van der Waals surface area (Å²) >= 11 is 0. The van der Waals surface area contributed by atoms with Crippen LogP contribution >= 0.6 is 0 Å². The summed E-state index contributed by atoms with van der Waals surface area (Å²) in [6.07, 6.45) is 1.31. The van der Waals surface area contributed by atoms with Crippen molar-refractivity contribution in [3.05, 3.63) is 95.8 Å². The molecule has 7 heteroatoms. The number of amides is 2. The Balaban J connectivity index is 1.46. The lowest BCUT2D eigenvalue weighted by atomic mass is 10.2. The first-order chi connectivity index (χ1) is 14.1. The summed E-state index contributed by atoms with van der Waals surface area (Å²) in [6.45, 7) is 0.432. The van der Waals surface area contributed by atoms with Crippen LogP contribution in [0.15, 0.2) is 84.0 Å². The van der Waals surface area contributed by atoms with Gasteiger partial charge in [0.15, 0.2) is 0 Å². The van der Waals surface area contributed by atoms with Gasteiger partial charge in [0, 0.05) is 5.69 Å². The van der Waals surface area contributed by atoms with Crippen molar-refractivity contribution < 1.29 is 18.7 Å². The first kappa shape index (κ1) is 19.8. The van der Waals surface area contributed by atoms with Crippen molar-refractivity contribution in [1.82, 2.24) is 5.43 Å². The quantitative estimate of drug-likeness (QED) is 0.383. The van der Waals surface area contributed by atoms with E-state index in [4.69, 9.17) is 4.74 Å². The highest BCUT2D eigenvalue weighted by Crippen LogP contribution is 2.17. The van der Waals surface area contributed by atoms with Crippen LogP contribution in [-0.2, 0) is 16.2 Å². The van der Waals surface area contributed by atoms with E-state index in [-0.39, 0.29) is 5.82 Å². The van der Waals surface area contributed by atoms with E-state index in [0.717, 1.165) is 5.56 Å². The van der Waals surface area contributed by atoms with Gasteiger partial charge in [0.25, 0.3) is 0 Å². The summed E-state index contributed by atoms with van der Waals surface area (Å²) in [5.74, 6) is -1.52. The molecule has 2 amide bonds. The van der Waals surface area contributed by atoms with E-state index in [9.17, 15) is 14.0 Å². The molecule has 0 aromatic heterocycles. The molecule has 0 bridgehead atoms. The van der Waals surface area contributed by atoms with E-state index in [0.29, 0.717) is 23.6 Å². The molecule has 0 aliphatic rings. The maximum atomic E-state index is 12.8. The number of nitrogens with one attached hydrogen (secondary N) is 2. The third-order valence-electron chi connectivity index (χ3n) is 3.82. The maximum Gasteiger partial charge on any atom is 0.329 e. The maximum absolute atomic E-state index is 12.8. The fraction of sp³-hybridized carbons (Fsp3) is 0.0455. The van der Waals surface area contributed by atoms with Crippen LogP contribution in [0.1, 0.15) is 11.1 Å². The fourth-order valence-electron chi connectivity index (χ4n) is 2.33. The Hall–Kier alpha value is -4.00.